The van der Waals surface area contributed by atoms with Crippen LogP contribution in [0.5, 0.6) is 5.75 Å². The van der Waals surface area contributed by atoms with E-state index in [-0.39, 0.29) is 18.6 Å². The fourth-order valence-corrected chi connectivity index (χ4v) is 3.49. The number of amides is 3. The van der Waals surface area contributed by atoms with Crippen molar-refractivity contribution in [2.24, 2.45) is 0 Å². The van der Waals surface area contributed by atoms with Crippen molar-refractivity contribution in [2.45, 2.75) is 45.9 Å². The van der Waals surface area contributed by atoms with Gasteiger partial charge in [-0.15, -0.1) is 0 Å². The molecule has 1 aliphatic heterocycles. The number of benzene rings is 2. The lowest BCUT2D eigenvalue weighted by Crippen LogP contribution is -2.40. The minimum Gasteiger partial charge on any atom is -0.496 e. The van der Waals surface area contributed by atoms with Gasteiger partial charge >= 0.3 is 12.0 Å². The maximum atomic E-state index is 13.2. The van der Waals surface area contributed by atoms with Gasteiger partial charge in [0.25, 0.3) is 5.91 Å². The average Bonchev–Trinajstić information content (AvgIpc) is 2.91. The summed E-state index contributed by atoms with van der Waals surface area (Å²) in [6, 6.07) is 11.7. The van der Waals surface area contributed by atoms with Crippen LogP contribution in [0.3, 0.4) is 0 Å². The number of urea groups is 1. The Morgan fingerprint density at radius 1 is 1.17 bits per heavy atom. The number of rotatable bonds is 6. The predicted octanol–water partition coefficient (Wildman–Crippen LogP) is 3.54. The van der Waals surface area contributed by atoms with Crippen LogP contribution in [-0.4, -0.2) is 36.0 Å². The molecule has 2 aromatic rings. The minimum atomic E-state index is -1.18. The normalized spacial score (nSPS) is 18.5. The Morgan fingerprint density at radius 2 is 1.90 bits per heavy atom. The van der Waals surface area contributed by atoms with E-state index in [1.807, 2.05) is 13.0 Å². The zero-order valence-electron chi connectivity index (χ0n) is 17.8. The van der Waals surface area contributed by atoms with E-state index in [0.717, 1.165) is 10.5 Å². The van der Waals surface area contributed by atoms with Crippen molar-refractivity contribution in [2.75, 3.05) is 7.11 Å². The van der Waals surface area contributed by atoms with E-state index in [2.05, 4.69) is 5.32 Å². The molecule has 0 bridgehead atoms. The molecule has 1 saturated heterocycles. The van der Waals surface area contributed by atoms with E-state index in [0.29, 0.717) is 22.4 Å². The second kappa shape index (κ2) is 8.18. The van der Waals surface area contributed by atoms with Crippen LogP contribution in [0.2, 0.25) is 0 Å². The molecule has 3 amide bonds. The Hall–Kier alpha value is -3.35. The van der Waals surface area contributed by atoms with Gasteiger partial charge in [-0.25, -0.2) is 9.59 Å². The lowest BCUT2D eigenvalue weighted by molar-refractivity contribution is -0.131. The summed E-state index contributed by atoms with van der Waals surface area (Å²) in [6.45, 7) is 7.17. The molecule has 1 unspecified atom stereocenters. The van der Waals surface area contributed by atoms with Gasteiger partial charge in [0.1, 0.15) is 11.3 Å². The molecule has 7 nitrogen and oxygen atoms in total. The molecule has 0 saturated carbocycles. The molecule has 1 N–H and O–H groups in total. The van der Waals surface area contributed by atoms with Gasteiger partial charge in [-0.3, -0.25) is 9.69 Å². The summed E-state index contributed by atoms with van der Waals surface area (Å²) in [7, 11) is 1.58. The van der Waals surface area contributed by atoms with Gasteiger partial charge in [-0.2, -0.15) is 0 Å². The predicted molar refractivity (Wildman–Crippen MR) is 111 cm³/mol. The fourth-order valence-electron chi connectivity index (χ4n) is 3.49. The fraction of sp³-hybridized carbons (Fsp3) is 0.348. The molecular weight excluding hydrogens is 384 g/mol. The maximum absolute atomic E-state index is 13.2. The van der Waals surface area contributed by atoms with Crippen LogP contribution in [0.1, 0.15) is 47.8 Å². The second-order valence-electron chi connectivity index (χ2n) is 7.79. The molecule has 0 aliphatic carbocycles. The summed E-state index contributed by atoms with van der Waals surface area (Å²) in [5.74, 6) is -0.0871. The number of esters is 1. The third-order valence-electron chi connectivity index (χ3n) is 5.09. The van der Waals surface area contributed by atoms with Crippen LogP contribution < -0.4 is 10.1 Å². The zero-order valence-corrected chi connectivity index (χ0v) is 17.8. The van der Waals surface area contributed by atoms with Gasteiger partial charge < -0.3 is 14.8 Å². The Labute approximate surface area is 176 Å². The monoisotopic (exact) mass is 410 g/mol. The Balaban J connectivity index is 1.83. The highest BCUT2D eigenvalue weighted by Crippen LogP contribution is 2.32. The zero-order chi connectivity index (χ0) is 22.1. The van der Waals surface area contributed by atoms with Gasteiger partial charge in [-0.05, 0) is 68.7 Å². The number of hydrogen-bond donors (Lipinski definition) is 1. The third-order valence-corrected chi connectivity index (χ3v) is 5.09. The number of hydrogen-bond acceptors (Lipinski definition) is 5. The average molecular weight is 410 g/mol. The van der Waals surface area contributed by atoms with Gasteiger partial charge in [0, 0.05) is 0 Å². The second-order valence-corrected chi connectivity index (χ2v) is 7.79. The lowest BCUT2D eigenvalue weighted by Gasteiger charge is -2.23. The first-order valence-electron chi connectivity index (χ1n) is 9.75. The van der Waals surface area contributed by atoms with E-state index < -0.39 is 17.5 Å². The van der Waals surface area contributed by atoms with Crippen molar-refractivity contribution in [1.29, 1.82) is 0 Å². The van der Waals surface area contributed by atoms with Gasteiger partial charge in [0.2, 0.25) is 0 Å². The number of imide groups is 1. The van der Waals surface area contributed by atoms with E-state index >= 15 is 0 Å². The largest absolute Gasteiger partial charge is 0.496 e. The Bertz CT molecular complexity index is 1000. The van der Waals surface area contributed by atoms with Crippen molar-refractivity contribution in [1.82, 2.24) is 10.2 Å². The van der Waals surface area contributed by atoms with Crippen molar-refractivity contribution < 1.29 is 23.9 Å². The van der Waals surface area contributed by atoms with Crippen LogP contribution in [0.4, 0.5) is 4.79 Å². The number of nitrogens with zero attached hydrogens (tertiary/aromatic N) is 1. The third kappa shape index (κ3) is 4.01. The molecule has 1 heterocycles. The minimum absolute atomic E-state index is 0.0538. The summed E-state index contributed by atoms with van der Waals surface area (Å²) in [4.78, 5) is 39.1. The van der Waals surface area contributed by atoms with Gasteiger partial charge in [0.05, 0.1) is 25.3 Å². The summed E-state index contributed by atoms with van der Waals surface area (Å²) in [5, 5.41) is 2.80. The van der Waals surface area contributed by atoms with Crippen LogP contribution in [0.15, 0.2) is 42.5 Å². The van der Waals surface area contributed by atoms with Crippen molar-refractivity contribution >= 4 is 17.9 Å². The van der Waals surface area contributed by atoms with Crippen molar-refractivity contribution in [3.63, 3.8) is 0 Å². The quantitative estimate of drug-likeness (QED) is 0.582. The highest BCUT2D eigenvalue weighted by atomic mass is 16.5. The van der Waals surface area contributed by atoms with Crippen LogP contribution in [0, 0.1) is 6.92 Å². The number of carbonyl (C=O) groups excluding carboxylic acids is 3. The van der Waals surface area contributed by atoms with Gasteiger partial charge in [-0.1, -0.05) is 18.2 Å². The van der Waals surface area contributed by atoms with Crippen LogP contribution in [0.25, 0.3) is 0 Å². The summed E-state index contributed by atoms with van der Waals surface area (Å²) >= 11 is 0. The number of methoxy groups -OCH3 is 1. The summed E-state index contributed by atoms with van der Waals surface area (Å²) in [5.41, 5.74) is 1.40. The lowest BCUT2D eigenvalue weighted by atomic mass is 9.90. The highest BCUT2D eigenvalue weighted by molar-refractivity contribution is 6.07. The van der Waals surface area contributed by atoms with Crippen molar-refractivity contribution in [3.05, 3.63) is 64.7 Å². The molecule has 7 heteroatoms. The first kappa shape index (κ1) is 21.4. The SMILES string of the molecule is COc1ccc(C2(C)NC(=O)N(Cc3cccc(C(=O)OC(C)C)c3)C2=O)cc1C. The molecule has 0 radical (unpaired) electrons. The van der Waals surface area contributed by atoms with Gasteiger partial charge in [0.15, 0.2) is 0 Å². The van der Waals surface area contributed by atoms with E-state index in [4.69, 9.17) is 9.47 Å². The number of aryl methyl sites for hydroxylation is 1. The number of nitrogens with one attached hydrogen (secondary N) is 1. The Morgan fingerprint density at radius 3 is 2.53 bits per heavy atom. The molecular formula is C23H26N2O5. The van der Waals surface area contributed by atoms with Crippen LogP contribution in [-0.2, 0) is 21.6 Å². The summed E-state index contributed by atoms with van der Waals surface area (Å²) in [6.07, 6.45) is -0.235. The molecule has 1 fully saturated rings. The van der Waals surface area contributed by atoms with Crippen molar-refractivity contribution in [3.8, 4) is 5.75 Å². The maximum Gasteiger partial charge on any atom is 0.338 e. The smallest absolute Gasteiger partial charge is 0.338 e. The summed E-state index contributed by atoms with van der Waals surface area (Å²) < 4.78 is 10.5. The highest BCUT2D eigenvalue weighted by Gasteiger charge is 2.49. The molecule has 1 aliphatic rings. The molecule has 3 rings (SSSR count). The van der Waals surface area contributed by atoms with Crippen LogP contribution >= 0.6 is 0 Å². The van der Waals surface area contributed by atoms with E-state index in [1.54, 1.807) is 64.3 Å². The molecule has 158 valence electrons. The first-order valence-corrected chi connectivity index (χ1v) is 9.75. The standard InChI is InChI=1S/C23H26N2O5/c1-14(2)30-20(26)17-8-6-7-16(12-17)13-25-21(27)23(4,24-22(25)28)18-9-10-19(29-5)15(3)11-18/h6-12,14H,13H2,1-5H3,(H,24,28). The van der Waals surface area contributed by atoms with E-state index in [1.165, 1.54) is 0 Å². The molecule has 1 atom stereocenters. The molecule has 2 aromatic carbocycles. The first-order chi connectivity index (χ1) is 14.2. The molecule has 30 heavy (non-hydrogen) atoms. The molecule has 0 aromatic heterocycles. The topological polar surface area (TPSA) is 84.9 Å². The Kier molecular flexibility index (Phi) is 5.82. The molecule has 0 spiro atoms. The number of carbonyl (C=O) groups is 3. The number of ether oxygens (including phenoxy) is 2. The van der Waals surface area contributed by atoms with E-state index in [9.17, 15) is 14.4 Å².